The molecule has 2 saturated carbocycles. The van der Waals surface area contributed by atoms with Crippen LogP contribution < -0.4 is 5.56 Å². The first-order valence-corrected chi connectivity index (χ1v) is 10.8. The van der Waals surface area contributed by atoms with Gasteiger partial charge in [-0.15, -0.1) is 0 Å². The van der Waals surface area contributed by atoms with Crippen LogP contribution >= 0.6 is 0 Å². The number of aromatic amines is 1. The summed E-state index contributed by atoms with van der Waals surface area (Å²) in [5.41, 5.74) is 1.91. The van der Waals surface area contributed by atoms with Crippen LogP contribution in [0.1, 0.15) is 74.4 Å². The Morgan fingerprint density at radius 3 is 2.59 bits per heavy atom. The number of nitrogens with one attached hydrogen (secondary N) is 1. The number of carbonyl (C=O) groups excluding carboxylic acids is 1. The number of H-pyrrole nitrogens is 1. The van der Waals surface area contributed by atoms with Gasteiger partial charge in [0.2, 0.25) is 5.91 Å². The van der Waals surface area contributed by atoms with Crippen molar-refractivity contribution in [1.82, 2.24) is 19.8 Å². The first-order chi connectivity index (χ1) is 13.2. The summed E-state index contributed by atoms with van der Waals surface area (Å²) < 4.78 is 0. The minimum absolute atomic E-state index is 0.0461. The molecule has 5 rings (SSSR count). The Balaban J connectivity index is 1.32. The highest BCUT2D eigenvalue weighted by molar-refractivity contribution is 5.80. The molecule has 2 aliphatic carbocycles. The van der Waals surface area contributed by atoms with Crippen LogP contribution in [0.15, 0.2) is 4.79 Å². The summed E-state index contributed by atoms with van der Waals surface area (Å²) in [5.74, 6) is 1.54. The summed E-state index contributed by atoms with van der Waals surface area (Å²) in [4.78, 5) is 37.7. The molecule has 6 heteroatoms. The van der Waals surface area contributed by atoms with Gasteiger partial charge >= 0.3 is 0 Å². The van der Waals surface area contributed by atoms with E-state index in [1.165, 1.54) is 32.1 Å². The van der Waals surface area contributed by atoms with E-state index < -0.39 is 0 Å². The zero-order valence-electron chi connectivity index (χ0n) is 16.1. The zero-order valence-corrected chi connectivity index (χ0v) is 16.1. The third-order valence-electron chi connectivity index (χ3n) is 7.30. The quantitative estimate of drug-likeness (QED) is 0.885. The van der Waals surface area contributed by atoms with Crippen molar-refractivity contribution in [2.24, 2.45) is 5.92 Å². The summed E-state index contributed by atoms with van der Waals surface area (Å²) in [6.07, 6.45) is 10.2. The number of hydrogen-bond donors (Lipinski definition) is 1. The molecule has 0 aromatic carbocycles. The molecule has 27 heavy (non-hydrogen) atoms. The van der Waals surface area contributed by atoms with E-state index in [2.05, 4.69) is 9.88 Å². The van der Waals surface area contributed by atoms with Gasteiger partial charge in [-0.25, -0.2) is 4.98 Å². The molecular weight excluding hydrogens is 340 g/mol. The number of amides is 1. The number of rotatable bonds is 3. The van der Waals surface area contributed by atoms with Crippen molar-refractivity contribution in [3.8, 4) is 0 Å². The van der Waals surface area contributed by atoms with Gasteiger partial charge in [-0.3, -0.25) is 14.5 Å². The van der Waals surface area contributed by atoms with Crippen LogP contribution in [0.25, 0.3) is 0 Å². The molecule has 0 radical (unpaired) electrons. The lowest BCUT2D eigenvalue weighted by Crippen LogP contribution is -2.41. The van der Waals surface area contributed by atoms with Gasteiger partial charge in [0.25, 0.3) is 5.56 Å². The van der Waals surface area contributed by atoms with Gasteiger partial charge in [-0.1, -0.05) is 19.3 Å². The minimum Gasteiger partial charge on any atom is -0.342 e. The Bertz CT molecular complexity index is 779. The molecule has 0 unspecified atom stereocenters. The van der Waals surface area contributed by atoms with Gasteiger partial charge in [0, 0.05) is 49.6 Å². The second kappa shape index (κ2) is 7.04. The molecule has 6 nitrogen and oxygen atoms in total. The second-order valence-electron chi connectivity index (χ2n) is 8.93. The highest BCUT2D eigenvalue weighted by Crippen LogP contribution is 2.33. The molecular formula is C21H30N4O2. The number of carbonyl (C=O) groups is 1. The first kappa shape index (κ1) is 17.4. The van der Waals surface area contributed by atoms with Gasteiger partial charge in [-0.2, -0.15) is 0 Å². The molecule has 3 fully saturated rings. The molecule has 1 amide bonds. The normalized spacial score (nSPS) is 27.0. The monoisotopic (exact) mass is 370 g/mol. The molecule has 1 aromatic heterocycles. The fourth-order valence-electron chi connectivity index (χ4n) is 5.35. The topological polar surface area (TPSA) is 69.3 Å². The third kappa shape index (κ3) is 3.22. The maximum atomic E-state index is 12.7. The van der Waals surface area contributed by atoms with Crippen LogP contribution in [0.4, 0.5) is 0 Å². The van der Waals surface area contributed by atoms with Gasteiger partial charge in [0.05, 0.1) is 5.69 Å². The van der Waals surface area contributed by atoms with Gasteiger partial charge in [-0.05, 0) is 38.5 Å². The molecule has 3 heterocycles. The largest absolute Gasteiger partial charge is 0.342 e. The van der Waals surface area contributed by atoms with E-state index in [0.717, 1.165) is 62.4 Å². The van der Waals surface area contributed by atoms with Crippen molar-refractivity contribution in [2.45, 2.75) is 76.3 Å². The summed E-state index contributed by atoms with van der Waals surface area (Å²) in [6.45, 7) is 3.31. The first-order valence-electron chi connectivity index (χ1n) is 10.8. The van der Waals surface area contributed by atoms with E-state index in [0.29, 0.717) is 18.5 Å². The Labute approximate surface area is 160 Å². The van der Waals surface area contributed by atoms with Gasteiger partial charge < -0.3 is 9.88 Å². The fraction of sp³-hybridized carbons (Fsp3) is 0.762. The molecule has 1 saturated heterocycles. The van der Waals surface area contributed by atoms with Crippen LogP contribution in [0.3, 0.4) is 0 Å². The van der Waals surface area contributed by atoms with Crippen molar-refractivity contribution in [3.63, 3.8) is 0 Å². The van der Waals surface area contributed by atoms with Crippen molar-refractivity contribution >= 4 is 5.91 Å². The Morgan fingerprint density at radius 1 is 1.04 bits per heavy atom. The lowest BCUT2D eigenvalue weighted by atomic mass is 9.84. The fourth-order valence-corrected chi connectivity index (χ4v) is 5.35. The smallest absolute Gasteiger partial charge is 0.254 e. The number of fused-ring (bicyclic) bond motifs is 1. The van der Waals surface area contributed by atoms with E-state index >= 15 is 0 Å². The number of likely N-dealkylation sites (tertiary alicyclic amines) is 1. The lowest BCUT2D eigenvalue weighted by molar-refractivity contribution is -0.137. The predicted molar refractivity (Wildman–Crippen MR) is 103 cm³/mol. The standard InChI is InChI=1S/C21H30N4O2/c26-20-17-9-11-24(16-6-1-2-7-16)13-18(17)22-19(23-20)15-8-10-25(12-15)21(27)14-4-3-5-14/h14-16H,1-13H2,(H,22,23,26)/t15-/m0/s1. The maximum absolute atomic E-state index is 12.7. The Hall–Kier alpha value is -1.69. The number of nitrogens with zero attached hydrogens (tertiary/aromatic N) is 3. The van der Waals surface area contributed by atoms with Crippen LogP contribution in [0.5, 0.6) is 0 Å². The maximum Gasteiger partial charge on any atom is 0.254 e. The van der Waals surface area contributed by atoms with Crippen molar-refractivity contribution in [3.05, 3.63) is 27.4 Å². The van der Waals surface area contributed by atoms with Gasteiger partial charge in [0.1, 0.15) is 5.82 Å². The lowest BCUT2D eigenvalue weighted by Gasteiger charge is -2.33. The van der Waals surface area contributed by atoms with E-state index in [-0.39, 0.29) is 17.4 Å². The highest BCUT2D eigenvalue weighted by atomic mass is 16.2. The average Bonchev–Trinajstić information content (AvgIpc) is 3.32. The summed E-state index contributed by atoms with van der Waals surface area (Å²) in [6, 6.07) is 0.671. The molecule has 146 valence electrons. The molecule has 1 aromatic rings. The van der Waals surface area contributed by atoms with Crippen LogP contribution in [0.2, 0.25) is 0 Å². The molecule has 2 aliphatic heterocycles. The zero-order chi connectivity index (χ0) is 18.4. The van der Waals surface area contributed by atoms with Crippen LogP contribution in [-0.4, -0.2) is 51.4 Å². The SMILES string of the molecule is O=C(C1CCC1)N1CC[C@H](c2nc3c(c(=O)[nH]2)CCN(C2CCCC2)C3)C1. The summed E-state index contributed by atoms with van der Waals surface area (Å²) in [5, 5.41) is 0. The summed E-state index contributed by atoms with van der Waals surface area (Å²) in [7, 11) is 0. The van der Waals surface area contributed by atoms with Crippen molar-refractivity contribution < 1.29 is 4.79 Å². The molecule has 1 atom stereocenters. The Morgan fingerprint density at radius 2 is 1.85 bits per heavy atom. The van der Waals surface area contributed by atoms with Crippen molar-refractivity contribution in [1.29, 1.82) is 0 Å². The predicted octanol–water partition coefficient (Wildman–Crippen LogP) is 2.19. The van der Waals surface area contributed by atoms with Crippen LogP contribution in [-0.2, 0) is 17.8 Å². The van der Waals surface area contributed by atoms with E-state index in [4.69, 9.17) is 4.98 Å². The minimum atomic E-state index is 0.0461. The molecule has 1 N–H and O–H groups in total. The number of aromatic nitrogens is 2. The Kier molecular flexibility index (Phi) is 4.54. The highest BCUT2D eigenvalue weighted by Gasteiger charge is 2.35. The van der Waals surface area contributed by atoms with E-state index in [1.807, 2.05) is 4.90 Å². The molecule has 0 spiro atoms. The second-order valence-corrected chi connectivity index (χ2v) is 8.93. The van der Waals surface area contributed by atoms with Crippen molar-refractivity contribution in [2.75, 3.05) is 19.6 Å². The van der Waals surface area contributed by atoms with E-state index in [1.54, 1.807) is 0 Å². The molecule has 0 bridgehead atoms. The van der Waals surface area contributed by atoms with Crippen LogP contribution in [0, 0.1) is 5.92 Å². The number of hydrogen-bond acceptors (Lipinski definition) is 4. The molecule has 4 aliphatic rings. The van der Waals surface area contributed by atoms with E-state index in [9.17, 15) is 9.59 Å². The van der Waals surface area contributed by atoms with Gasteiger partial charge in [0.15, 0.2) is 0 Å². The third-order valence-corrected chi connectivity index (χ3v) is 7.30. The summed E-state index contributed by atoms with van der Waals surface area (Å²) >= 11 is 0. The average molecular weight is 370 g/mol.